The van der Waals surface area contributed by atoms with Crippen molar-refractivity contribution in [3.8, 4) is 0 Å². The predicted octanol–water partition coefficient (Wildman–Crippen LogP) is 3.39. The molecule has 2 atom stereocenters. The van der Waals surface area contributed by atoms with Crippen LogP contribution in [0.1, 0.15) is 13.3 Å². The quantitative estimate of drug-likeness (QED) is 0.692. The zero-order valence-corrected chi connectivity index (χ0v) is 11.5. The topological polar surface area (TPSA) is 3.24 Å². The SMILES string of the molecule is CSCCC(C)N(C)CC(Br)C(F)(F)F. The number of nitrogens with zero attached hydrogens (tertiary/aromatic N) is 1. The molecule has 0 aliphatic carbocycles. The van der Waals surface area contributed by atoms with Crippen molar-refractivity contribution in [2.24, 2.45) is 0 Å². The minimum atomic E-state index is -4.16. The van der Waals surface area contributed by atoms with E-state index in [1.807, 2.05) is 13.2 Å². The third-order valence-electron chi connectivity index (χ3n) is 2.30. The third kappa shape index (κ3) is 6.68. The molecule has 0 bridgehead atoms. The van der Waals surface area contributed by atoms with Crippen LogP contribution in [0.3, 0.4) is 0 Å². The van der Waals surface area contributed by atoms with Crippen molar-refractivity contribution in [1.82, 2.24) is 4.90 Å². The first-order valence-corrected chi connectivity index (χ1v) is 7.00. The molecule has 0 rings (SSSR count). The summed E-state index contributed by atoms with van der Waals surface area (Å²) < 4.78 is 36.7. The summed E-state index contributed by atoms with van der Waals surface area (Å²) in [5, 5.41) is 0. The molecular weight excluding hydrogens is 291 g/mol. The Kier molecular flexibility index (Phi) is 7.28. The van der Waals surface area contributed by atoms with E-state index in [2.05, 4.69) is 15.9 Å². The first-order chi connectivity index (χ1) is 6.79. The number of hydrogen-bond donors (Lipinski definition) is 0. The van der Waals surface area contributed by atoms with Crippen LogP contribution in [0, 0.1) is 0 Å². The highest BCUT2D eigenvalue weighted by molar-refractivity contribution is 9.09. The molecule has 0 heterocycles. The van der Waals surface area contributed by atoms with Crippen molar-refractivity contribution in [3.63, 3.8) is 0 Å². The lowest BCUT2D eigenvalue weighted by Crippen LogP contribution is -2.39. The fourth-order valence-corrected chi connectivity index (χ4v) is 2.08. The fourth-order valence-electron chi connectivity index (χ4n) is 1.05. The van der Waals surface area contributed by atoms with Crippen LogP contribution in [0.2, 0.25) is 0 Å². The number of rotatable bonds is 6. The van der Waals surface area contributed by atoms with Gasteiger partial charge in [-0.1, -0.05) is 15.9 Å². The lowest BCUT2D eigenvalue weighted by atomic mass is 10.2. The summed E-state index contributed by atoms with van der Waals surface area (Å²) in [4.78, 5) is 0.301. The molecular formula is C9H17BrF3NS. The maximum Gasteiger partial charge on any atom is 0.402 e. The molecule has 0 saturated carbocycles. The van der Waals surface area contributed by atoms with Crippen molar-refractivity contribution < 1.29 is 13.2 Å². The smallest absolute Gasteiger partial charge is 0.302 e. The largest absolute Gasteiger partial charge is 0.402 e. The van der Waals surface area contributed by atoms with Crippen LogP contribution in [0.5, 0.6) is 0 Å². The van der Waals surface area contributed by atoms with Gasteiger partial charge in [0.05, 0.1) is 0 Å². The summed E-state index contributed by atoms with van der Waals surface area (Å²) in [7, 11) is 1.73. The highest BCUT2D eigenvalue weighted by Crippen LogP contribution is 2.27. The zero-order chi connectivity index (χ0) is 12.1. The van der Waals surface area contributed by atoms with E-state index in [0.717, 1.165) is 12.2 Å². The molecule has 0 N–H and O–H groups in total. The molecule has 92 valence electrons. The van der Waals surface area contributed by atoms with E-state index in [1.165, 1.54) is 0 Å². The maximum absolute atomic E-state index is 12.2. The number of alkyl halides is 4. The Balaban J connectivity index is 3.95. The molecule has 0 spiro atoms. The van der Waals surface area contributed by atoms with Gasteiger partial charge in [0, 0.05) is 12.6 Å². The highest BCUT2D eigenvalue weighted by atomic mass is 79.9. The summed E-state index contributed by atoms with van der Waals surface area (Å²) in [5.41, 5.74) is 0. The standard InChI is InChI=1S/C9H17BrF3NS/c1-7(4-5-15-3)14(2)6-8(10)9(11,12)13/h7-8H,4-6H2,1-3H3. The van der Waals surface area contributed by atoms with Crippen LogP contribution in [-0.4, -0.2) is 47.5 Å². The van der Waals surface area contributed by atoms with Crippen LogP contribution in [-0.2, 0) is 0 Å². The molecule has 0 fully saturated rings. The van der Waals surface area contributed by atoms with Gasteiger partial charge >= 0.3 is 6.18 Å². The first-order valence-electron chi connectivity index (χ1n) is 4.69. The highest BCUT2D eigenvalue weighted by Gasteiger charge is 2.38. The van der Waals surface area contributed by atoms with Crippen LogP contribution in [0.15, 0.2) is 0 Å². The zero-order valence-electron chi connectivity index (χ0n) is 9.14. The summed E-state index contributed by atoms with van der Waals surface area (Å²) in [6, 6.07) is 0.180. The Morgan fingerprint density at radius 3 is 2.33 bits per heavy atom. The molecule has 0 aromatic heterocycles. The van der Waals surface area contributed by atoms with Crippen molar-refractivity contribution in [1.29, 1.82) is 0 Å². The molecule has 0 aliphatic heterocycles. The monoisotopic (exact) mass is 307 g/mol. The van der Waals surface area contributed by atoms with E-state index in [-0.39, 0.29) is 12.6 Å². The second kappa shape index (κ2) is 7.01. The van der Waals surface area contributed by atoms with Crippen molar-refractivity contribution in [2.75, 3.05) is 25.6 Å². The summed E-state index contributed by atoms with van der Waals surface area (Å²) in [6.45, 7) is 1.95. The Hall–Kier alpha value is 0.580. The minimum absolute atomic E-state index is 0.000945. The van der Waals surface area contributed by atoms with Crippen LogP contribution >= 0.6 is 27.7 Å². The number of hydrogen-bond acceptors (Lipinski definition) is 2. The van der Waals surface area contributed by atoms with Gasteiger partial charge in [0.2, 0.25) is 0 Å². The second-order valence-corrected chi connectivity index (χ2v) is 5.67. The average Bonchev–Trinajstić information content (AvgIpc) is 2.12. The summed E-state index contributed by atoms with van der Waals surface area (Å²) in [6.07, 6.45) is -1.25. The van der Waals surface area contributed by atoms with E-state index >= 15 is 0 Å². The second-order valence-electron chi connectivity index (χ2n) is 3.58. The van der Waals surface area contributed by atoms with Crippen LogP contribution < -0.4 is 0 Å². The maximum atomic E-state index is 12.2. The van der Waals surface area contributed by atoms with Gasteiger partial charge in [-0.2, -0.15) is 24.9 Å². The lowest BCUT2D eigenvalue weighted by molar-refractivity contribution is -0.130. The van der Waals surface area contributed by atoms with Gasteiger partial charge in [0.1, 0.15) is 4.83 Å². The first kappa shape index (κ1) is 15.6. The molecule has 0 aromatic rings. The molecule has 0 aliphatic rings. The van der Waals surface area contributed by atoms with E-state index in [0.29, 0.717) is 0 Å². The third-order valence-corrected chi connectivity index (χ3v) is 3.75. The molecule has 0 saturated heterocycles. The van der Waals surface area contributed by atoms with Crippen molar-refractivity contribution >= 4 is 27.7 Å². The van der Waals surface area contributed by atoms with Gasteiger partial charge in [-0.05, 0) is 32.4 Å². The van der Waals surface area contributed by atoms with Crippen molar-refractivity contribution in [2.45, 2.75) is 30.4 Å². The van der Waals surface area contributed by atoms with E-state index in [1.54, 1.807) is 23.7 Å². The molecule has 2 unspecified atom stereocenters. The summed E-state index contributed by atoms with van der Waals surface area (Å²) in [5.74, 6) is 0.977. The Morgan fingerprint density at radius 1 is 1.40 bits per heavy atom. The normalized spacial score (nSPS) is 16.8. The van der Waals surface area contributed by atoms with Crippen molar-refractivity contribution in [3.05, 3.63) is 0 Å². The Morgan fingerprint density at radius 2 is 1.93 bits per heavy atom. The van der Waals surface area contributed by atoms with E-state index in [4.69, 9.17) is 0 Å². The van der Waals surface area contributed by atoms with E-state index < -0.39 is 11.0 Å². The molecule has 0 aromatic carbocycles. The van der Waals surface area contributed by atoms with Gasteiger partial charge in [-0.3, -0.25) is 0 Å². The average molecular weight is 308 g/mol. The van der Waals surface area contributed by atoms with Gasteiger partial charge in [-0.15, -0.1) is 0 Å². The molecule has 0 amide bonds. The number of halogens is 4. The summed E-state index contributed by atoms with van der Waals surface area (Å²) >= 11 is 4.37. The van der Waals surface area contributed by atoms with Gasteiger partial charge in [0.15, 0.2) is 0 Å². The van der Waals surface area contributed by atoms with Crippen LogP contribution in [0.4, 0.5) is 13.2 Å². The van der Waals surface area contributed by atoms with Gasteiger partial charge in [0.25, 0.3) is 0 Å². The van der Waals surface area contributed by atoms with E-state index in [9.17, 15) is 13.2 Å². The lowest BCUT2D eigenvalue weighted by Gasteiger charge is -2.27. The predicted molar refractivity (Wildman–Crippen MR) is 63.9 cm³/mol. The Labute approximate surface area is 102 Å². The number of thioether (sulfide) groups is 1. The molecule has 6 heteroatoms. The van der Waals surface area contributed by atoms with Gasteiger partial charge in [-0.25, -0.2) is 0 Å². The molecule has 15 heavy (non-hydrogen) atoms. The van der Waals surface area contributed by atoms with Crippen LogP contribution in [0.25, 0.3) is 0 Å². The molecule has 1 nitrogen and oxygen atoms in total. The van der Waals surface area contributed by atoms with Gasteiger partial charge < -0.3 is 4.90 Å². The fraction of sp³-hybridized carbons (Fsp3) is 1.00. The minimum Gasteiger partial charge on any atom is -0.302 e. The Bertz CT molecular complexity index is 177. The molecule has 0 radical (unpaired) electrons.